The van der Waals surface area contributed by atoms with Gasteiger partial charge in [0.15, 0.2) is 0 Å². The van der Waals surface area contributed by atoms with Crippen molar-refractivity contribution in [3.8, 4) is 0 Å². The first-order valence-corrected chi connectivity index (χ1v) is 2.72. The van der Waals surface area contributed by atoms with E-state index >= 15 is 0 Å². The Bertz CT molecular complexity index is 72.2. The molecular weight excluding hydrogens is 108 g/mol. The second kappa shape index (κ2) is 3.09. The van der Waals surface area contributed by atoms with Crippen LogP contribution in [-0.2, 0) is 0 Å². The van der Waals surface area contributed by atoms with Crippen molar-refractivity contribution in [3.05, 3.63) is 18.0 Å². The molecule has 1 atom stereocenters. The Hall–Kier alpha value is 0.0300. The minimum atomic E-state index is 0.345. The fraction of sp³-hybridized carbons (Fsp3) is 0.500. The van der Waals surface area contributed by atoms with Gasteiger partial charge in [0.2, 0.25) is 0 Å². The van der Waals surface area contributed by atoms with Crippen LogP contribution in [0.5, 0.6) is 0 Å². The van der Waals surface area contributed by atoms with E-state index in [0.717, 1.165) is 5.57 Å². The molecule has 0 aliphatic heterocycles. The maximum absolute atomic E-state index is 5.34. The van der Waals surface area contributed by atoms with Gasteiger partial charge in [-0.2, -0.15) is 0 Å². The lowest BCUT2D eigenvalue weighted by atomic mass is 10.1. The highest BCUT2D eigenvalue weighted by Gasteiger charge is 1.91. The van der Waals surface area contributed by atoms with E-state index in [1.165, 1.54) is 0 Å². The van der Waals surface area contributed by atoms with Crippen LogP contribution >= 0.6 is 11.6 Å². The van der Waals surface area contributed by atoms with Crippen LogP contribution in [0.25, 0.3) is 0 Å². The highest BCUT2D eigenvalue weighted by molar-refractivity contribution is 6.25. The summed E-state index contributed by atoms with van der Waals surface area (Å²) >= 11 is 5.34. The molecule has 0 heterocycles. The molecule has 1 unspecified atom stereocenters. The van der Waals surface area contributed by atoms with Crippen molar-refractivity contribution in [2.45, 2.75) is 13.8 Å². The van der Waals surface area contributed by atoms with Crippen molar-refractivity contribution in [2.75, 3.05) is 0 Å². The molecule has 0 rings (SSSR count). The summed E-state index contributed by atoms with van der Waals surface area (Å²) in [6.45, 7) is 7.73. The Kier molecular flexibility index (Phi) is 3.10. The van der Waals surface area contributed by atoms with Crippen molar-refractivity contribution < 1.29 is 0 Å². The van der Waals surface area contributed by atoms with Gasteiger partial charge in [-0.1, -0.05) is 24.1 Å². The Balaban J connectivity index is 3.56. The predicted molar refractivity (Wildman–Crippen MR) is 34.1 cm³/mol. The lowest BCUT2D eigenvalue weighted by Crippen LogP contribution is -1.85. The molecular formula is C6H10Cl. The lowest BCUT2D eigenvalue weighted by molar-refractivity contribution is 0.862. The van der Waals surface area contributed by atoms with Gasteiger partial charge in [-0.3, -0.25) is 0 Å². The molecule has 41 valence electrons. The smallest absolute Gasteiger partial charge is 0.00343 e. The van der Waals surface area contributed by atoms with Gasteiger partial charge >= 0.3 is 0 Å². The number of hydrogen-bond donors (Lipinski definition) is 0. The number of allylic oxidation sites excluding steroid dienone is 1. The highest BCUT2D eigenvalue weighted by Crippen LogP contribution is 2.07. The summed E-state index contributed by atoms with van der Waals surface area (Å²) in [4.78, 5) is 0. The van der Waals surface area contributed by atoms with Gasteiger partial charge in [0.25, 0.3) is 0 Å². The fourth-order valence-electron chi connectivity index (χ4n) is 0.108. The third-order valence-electron chi connectivity index (χ3n) is 0.949. The van der Waals surface area contributed by atoms with Crippen LogP contribution in [0.4, 0.5) is 0 Å². The van der Waals surface area contributed by atoms with Crippen LogP contribution in [0.3, 0.4) is 0 Å². The Labute approximate surface area is 50.2 Å². The molecule has 0 aromatic carbocycles. The Morgan fingerprint density at radius 1 is 1.86 bits per heavy atom. The Morgan fingerprint density at radius 2 is 2.29 bits per heavy atom. The van der Waals surface area contributed by atoms with Crippen LogP contribution in [0.1, 0.15) is 13.8 Å². The van der Waals surface area contributed by atoms with Gasteiger partial charge in [0, 0.05) is 5.54 Å². The first kappa shape index (κ1) is 7.03. The number of halogens is 1. The standard InChI is InChI=1S/C6H10Cl/c1-5(2)6(3)4-7/h4-5H,1H2,2-3H3. The van der Waals surface area contributed by atoms with Crippen molar-refractivity contribution >= 4 is 11.6 Å². The normalized spacial score (nSPS) is 13.0. The third-order valence-corrected chi connectivity index (χ3v) is 1.29. The van der Waals surface area contributed by atoms with E-state index in [4.69, 9.17) is 11.6 Å². The van der Waals surface area contributed by atoms with Gasteiger partial charge < -0.3 is 0 Å². The molecule has 0 saturated heterocycles. The minimum absolute atomic E-state index is 0.345. The molecule has 0 nitrogen and oxygen atoms in total. The zero-order chi connectivity index (χ0) is 5.86. The van der Waals surface area contributed by atoms with Gasteiger partial charge in [0.05, 0.1) is 0 Å². The van der Waals surface area contributed by atoms with E-state index < -0.39 is 0 Å². The molecule has 0 aromatic heterocycles. The van der Waals surface area contributed by atoms with E-state index in [1.54, 1.807) is 5.54 Å². The molecule has 0 aromatic rings. The summed E-state index contributed by atoms with van der Waals surface area (Å²) in [5, 5.41) is 0. The average molecular weight is 118 g/mol. The van der Waals surface area contributed by atoms with Crippen LogP contribution < -0.4 is 0 Å². The largest absolute Gasteiger partial charge is 0.0930 e. The van der Waals surface area contributed by atoms with Crippen molar-refractivity contribution in [3.63, 3.8) is 0 Å². The zero-order valence-electron chi connectivity index (χ0n) is 4.74. The van der Waals surface area contributed by atoms with Crippen LogP contribution in [0.2, 0.25) is 0 Å². The lowest BCUT2D eigenvalue weighted by Gasteiger charge is -1.99. The van der Waals surface area contributed by atoms with E-state index in [1.807, 2.05) is 13.8 Å². The molecule has 1 heteroatoms. The second-order valence-electron chi connectivity index (χ2n) is 1.75. The van der Waals surface area contributed by atoms with Gasteiger partial charge in [-0.15, -0.1) is 0 Å². The van der Waals surface area contributed by atoms with Crippen LogP contribution in [-0.4, -0.2) is 0 Å². The van der Waals surface area contributed by atoms with Gasteiger partial charge in [-0.25, -0.2) is 0 Å². The summed E-state index contributed by atoms with van der Waals surface area (Å²) < 4.78 is 0. The first-order chi connectivity index (χ1) is 3.18. The van der Waals surface area contributed by atoms with Gasteiger partial charge in [0.1, 0.15) is 0 Å². The molecule has 0 aliphatic rings. The molecule has 0 spiro atoms. The van der Waals surface area contributed by atoms with E-state index in [2.05, 4.69) is 6.92 Å². The van der Waals surface area contributed by atoms with Crippen molar-refractivity contribution in [2.24, 2.45) is 5.92 Å². The SMILES string of the molecule is [CH2]C(C)C(C)=CCl. The third kappa shape index (κ3) is 2.69. The summed E-state index contributed by atoms with van der Waals surface area (Å²) in [5.41, 5.74) is 2.69. The van der Waals surface area contributed by atoms with Gasteiger partial charge in [-0.05, 0) is 19.8 Å². The van der Waals surface area contributed by atoms with Crippen molar-refractivity contribution in [1.82, 2.24) is 0 Å². The maximum Gasteiger partial charge on any atom is 0.00343 e. The average Bonchev–Trinajstić information content (AvgIpc) is 1.65. The topological polar surface area (TPSA) is 0 Å². The molecule has 1 radical (unpaired) electrons. The Morgan fingerprint density at radius 3 is 2.29 bits per heavy atom. The zero-order valence-corrected chi connectivity index (χ0v) is 5.50. The maximum atomic E-state index is 5.34. The molecule has 0 N–H and O–H groups in total. The highest BCUT2D eigenvalue weighted by atomic mass is 35.5. The van der Waals surface area contributed by atoms with Crippen LogP contribution in [0, 0.1) is 12.8 Å². The monoisotopic (exact) mass is 117 g/mol. The molecule has 0 fully saturated rings. The summed E-state index contributed by atoms with van der Waals surface area (Å²) in [5.74, 6) is 0.345. The summed E-state index contributed by atoms with van der Waals surface area (Å²) in [7, 11) is 0. The van der Waals surface area contributed by atoms with Crippen molar-refractivity contribution in [1.29, 1.82) is 0 Å². The molecule has 0 amide bonds. The molecule has 0 aliphatic carbocycles. The minimum Gasteiger partial charge on any atom is -0.0930 e. The first-order valence-electron chi connectivity index (χ1n) is 2.28. The predicted octanol–water partition coefficient (Wildman–Crippen LogP) is 2.60. The number of rotatable bonds is 1. The summed E-state index contributed by atoms with van der Waals surface area (Å²) in [6.07, 6.45) is 0. The molecule has 0 saturated carbocycles. The molecule has 0 bridgehead atoms. The van der Waals surface area contributed by atoms with Crippen LogP contribution in [0.15, 0.2) is 11.1 Å². The van der Waals surface area contributed by atoms with E-state index in [9.17, 15) is 0 Å². The molecule has 7 heavy (non-hydrogen) atoms. The fourth-order valence-corrected chi connectivity index (χ4v) is 0.323. The van der Waals surface area contributed by atoms with E-state index in [-0.39, 0.29) is 0 Å². The summed E-state index contributed by atoms with van der Waals surface area (Å²) in [6, 6.07) is 0. The second-order valence-corrected chi connectivity index (χ2v) is 1.97. The number of hydrogen-bond acceptors (Lipinski definition) is 0. The van der Waals surface area contributed by atoms with E-state index in [0.29, 0.717) is 5.92 Å². The quantitative estimate of drug-likeness (QED) is 0.495.